The molecule has 0 atom stereocenters. The maximum absolute atomic E-state index is 5.64. The topological polar surface area (TPSA) is 27.7 Å². The minimum absolute atomic E-state index is 0.828. The predicted octanol–water partition coefficient (Wildman–Crippen LogP) is 4.63. The molecular formula is C25H18O3Si. The van der Waals surface area contributed by atoms with E-state index >= 15 is 0 Å². The van der Waals surface area contributed by atoms with Crippen LogP contribution in [0.1, 0.15) is 16.7 Å². The Bertz CT molecular complexity index is 949. The van der Waals surface area contributed by atoms with E-state index < -0.39 is 8.80 Å². The summed E-state index contributed by atoms with van der Waals surface area (Å²) in [6, 6.07) is 28.6. The van der Waals surface area contributed by atoms with Crippen LogP contribution in [0.2, 0.25) is 6.55 Å². The summed E-state index contributed by atoms with van der Waals surface area (Å²) < 4.78 is 16.9. The zero-order chi connectivity index (χ0) is 20.2. The molecule has 0 aliphatic rings. The first kappa shape index (κ1) is 19.7. The first-order valence-corrected chi connectivity index (χ1v) is 11.2. The van der Waals surface area contributed by atoms with Crippen molar-refractivity contribution in [3.8, 4) is 36.1 Å². The summed E-state index contributed by atoms with van der Waals surface area (Å²) in [6.45, 7) is 1.70. The Labute approximate surface area is 172 Å². The van der Waals surface area contributed by atoms with Gasteiger partial charge in [0.1, 0.15) is 18.3 Å². The maximum atomic E-state index is 5.64. The fourth-order valence-corrected chi connectivity index (χ4v) is 2.99. The van der Waals surface area contributed by atoms with Gasteiger partial charge in [-0.15, -0.1) is 0 Å². The summed E-state index contributed by atoms with van der Waals surface area (Å²) >= 11 is 0. The van der Waals surface area contributed by atoms with E-state index in [2.05, 4.69) is 36.1 Å². The molecule has 0 amide bonds. The molecule has 4 heteroatoms. The lowest BCUT2D eigenvalue weighted by Gasteiger charge is -2.16. The number of hydrogen-bond donors (Lipinski definition) is 0. The highest BCUT2D eigenvalue weighted by molar-refractivity contribution is 6.60. The second-order valence-corrected chi connectivity index (χ2v) is 8.28. The molecule has 0 N–H and O–H groups in total. The van der Waals surface area contributed by atoms with Crippen molar-refractivity contribution in [2.24, 2.45) is 0 Å². The molecule has 3 rings (SSSR count). The molecule has 0 bridgehead atoms. The van der Waals surface area contributed by atoms with Gasteiger partial charge in [0.05, 0.1) is 0 Å². The molecule has 3 nitrogen and oxygen atoms in total. The lowest BCUT2D eigenvalue weighted by Crippen LogP contribution is -2.38. The van der Waals surface area contributed by atoms with Crippen LogP contribution in [0.25, 0.3) is 0 Å². The molecule has 0 heterocycles. The lowest BCUT2D eigenvalue weighted by molar-refractivity contribution is 0.221. The van der Waals surface area contributed by atoms with Crippen molar-refractivity contribution < 1.29 is 13.3 Å². The largest absolute Gasteiger partial charge is 0.721 e. The van der Waals surface area contributed by atoms with Gasteiger partial charge in [-0.05, 0) is 54.2 Å². The first-order chi connectivity index (χ1) is 14.2. The molecule has 0 spiro atoms. The molecule has 0 fully saturated rings. The van der Waals surface area contributed by atoms with Crippen molar-refractivity contribution in [3.05, 3.63) is 108 Å². The Morgan fingerprint density at radius 1 is 0.483 bits per heavy atom. The second-order valence-electron chi connectivity index (χ2n) is 5.95. The molecule has 0 unspecified atom stereocenters. The number of benzene rings is 3. The second kappa shape index (κ2) is 10.3. The zero-order valence-corrected chi connectivity index (χ0v) is 16.9. The normalized spacial score (nSPS) is 9.41. The molecule has 140 valence electrons. The van der Waals surface area contributed by atoms with Gasteiger partial charge in [-0.1, -0.05) is 54.6 Å². The molecule has 3 aromatic rings. The minimum atomic E-state index is -3.23. The van der Waals surface area contributed by atoms with Crippen LogP contribution in [-0.2, 0) is 13.3 Å². The highest BCUT2D eigenvalue weighted by atomic mass is 28.4. The van der Waals surface area contributed by atoms with E-state index in [-0.39, 0.29) is 0 Å². The number of rotatable bonds is 3. The molecule has 3 aromatic carbocycles. The summed E-state index contributed by atoms with van der Waals surface area (Å²) in [5, 5.41) is 0. The average molecular weight is 395 g/mol. The van der Waals surface area contributed by atoms with E-state index in [1.165, 1.54) is 0 Å². The van der Waals surface area contributed by atoms with Gasteiger partial charge in [-0.3, -0.25) is 0 Å². The van der Waals surface area contributed by atoms with Crippen LogP contribution in [0.3, 0.4) is 0 Å². The summed E-state index contributed by atoms with van der Waals surface area (Å²) in [5.41, 5.74) is 2.48. The van der Waals surface area contributed by atoms with Crippen molar-refractivity contribution in [3.63, 3.8) is 0 Å². The van der Waals surface area contributed by atoms with Crippen LogP contribution in [0.4, 0.5) is 0 Å². The van der Waals surface area contributed by atoms with Gasteiger partial charge in [0.25, 0.3) is 0 Å². The third-order valence-corrected chi connectivity index (χ3v) is 5.04. The molecule has 0 saturated heterocycles. The Morgan fingerprint density at radius 2 is 0.759 bits per heavy atom. The maximum Gasteiger partial charge on any atom is 0.721 e. The van der Waals surface area contributed by atoms with Crippen LogP contribution >= 0.6 is 0 Å². The van der Waals surface area contributed by atoms with Gasteiger partial charge in [0, 0.05) is 23.2 Å². The fourth-order valence-electron chi connectivity index (χ4n) is 2.16. The van der Waals surface area contributed by atoms with Gasteiger partial charge in [0.15, 0.2) is 0 Å². The molecule has 0 aliphatic carbocycles. The fraction of sp³-hybridized carbons (Fsp3) is 0.0400. The van der Waals surface area contributed by atoms with Gasteiger partial charge in [-0.2, -0.15) is 0 Å². The van der Waals surface area contributed by atoms with Crippen LogP contribution in [0.5, 0.6) is 0 Å². The average Bonchev–Trinajstić information content (AvgIpc) is 2.76. The summed E-state index contributed by atoms with van der Waals surface area (Å²) in [6.07, 6.45) is 8.00. The first-order valence-electron chi connectivity index (χ1n) is 8.96. The van der Waals surface area contributed by atoms with E-state index in [0.717, 1.165) is 16.7 Å². The van der Waals surface area contributed by atoms with Crippen molar-refractivity contribution in [1.29, 1.82) is 0 Å². The van der Waals surface area contributed by atoms with E-state index in [0.29, 0.717) is 0 Å². The minimum Gasteiger partial charge on any atom is -0.432 e. The van der Waals surface area contributed by atoms with Gasteiger partial charge in [0.2, 0.25) is 0 Å². The van der Waals surface area contributed by atoms with E-state index in [4.69, 9.17) is 13.3 Å². The summed E-state index contributed by atoms with van der Waals surface area (Å²) in [7, 11) is -3.23. The van der Waals surface area contributed by atoms with Gasteiger partial charge >= 0.3 is 8.80 Å². The van der Waals surface area contributed by atoms with Crippen molar-refractivity contribution in [1.82, 2.24) is 0 Å². The smallest absolute Gasteiger partial charge is 0.432 e. The Morgan fingerprint density at radius 3 is 1.03 bits per heavy atom. The zero-order valence-electron chi connectivity index (χ0n) is 15.9. The standard InChI is InChI=1S/C25H18O3Si/c1-29(26-20-17-23-11-5-2-6-12-23,27-21-18-24-13-7-3-8-14-24)28-22-19-25-15-9-4-10-16-25/h2-16H,1H3. The van der Waals surface area contributed by atoms with E-state index in [1.807, 2.05) is 91.0 Å². The van der Waals surface area contributed by atoms with Crippen molar-refractivity contribution in [2.45, 2.75) is 6.55 Å². The van der Waals surface area contributed by atoms with Gasteiger partial charge < -0.3 is 13.3 Å². The van der Waals surface area contributed by atoms with Crippen molar-refractivity contribution in [2.75, 3.05) is 0 Å². The molecular weight excluding hydrogens is 376 g/mol. The van der Waals surface area contributed by atoms with E-state index in [1.54, 1.807) is 6.55 Å². The molecule has 29 heavy (non-hydrogen) atoms. The lowest BCUT2D eigenvalue weighted by atomic mass is 10.2. The Kier molecular flexibility index (Phi) is 7.02. The highest BCUT2D eigenvalue weighted by Crippen LogP contribution is 2.09. The van der Waals surface area contributed by atoms with Crippen LogP contribution in [0, 0.1) is 36.1 Å². The van der Waals surface area contributed by atoms with E-state index in [9.17, 15) is 0 Å². The monoisotopic (exact) mass is 394 g/mol. The van der Waals surface area contributed by atoms with Crippen LogP contribution in [0.15, 0.2) is 91.0 Å². The Balaban J connectivity index is 1.73. The van der Waals surface area contributed by atoms with Crippen molar-refractivity contribution >= 4 is 8.80 Å². The third-order valence-electron chi connectivity index (χ3n) is 3.62. The predicted molar refractivity (Wildman–Crippen MR) is 115 cm³/mol. The summed E-state index contributed by atoms with van der Waals surface area (Å²) in [5.74, 6) is 8.77. The quantitative estimate of drug-likeness (QED) is 0.479. The van der Waals surface area contributed by atoms with Crippen LogP contribution in [-0.4, -0.2) is 8.80 Å². The molecule has 0 radical (unpaired) electrons. The number of hydrogen-bond acceptors (Lipinski definition) is 3. The Hall–Kier alpha value is -4.04. The van der Waals surface area contributed by atoms with Crippen LogP contribution < -0.4 is 0 Å². The molecule has 0 saturated carbocycles. The van der Waals surface area contributed by atoms with Gasteiger partial charge in [-0.25, -0.2) is 0 Å². The highest BCUT2D eigenvalue weighted by Gasteiger charge is 2.41. The SMILES string of the molecule is C[Si](OC#Cc1ccccc1)(OC#Cc1ccccc1)OC#Cc1ccccc1. The summed E-state index contributed by atoms with van der Waals surface area (Å²) in [4.78, 5) is 0. The molecule has 0 aromatic heterocycles. The third kappa shape index (κ3) is 6.89. The molecule has 0 aliphatic heterocycles.